The van der Waals surface area contributed by atoms with Gasteiger partial charge in [-0.1, -0.05) is 22.0 Å². The molecule has 0 fully saturated rings. The molecule has 2 aromatic rings. The molecule has 18 heavy (non-hydrogen) atoms. The number of rotatable bonds is 3. The monoisotopic (exact) mass is 307 g/mol. The second kappa shape index (κ2) is 5.46. The van der Waals surface area contributed by atoms with E-state index in [1.807, 2.05) is 25.1 Å². The summed E-state index contributed by atoms with van der Waals surface area (Å²) >= 11 is 3.49. The normalized spacial score (nSPS) is 10.6. The van der Waals surface area contributed by atoms with Gasteiger partial charge in [-0.25, -0.2) is 4.98 Å². The van der Waals surface area contributed by atoms with Gasteiger partial charge in [-0.15, -0.1) is 0 Å². The lowest BCUT2D eigenvalue weighted by atomic mass is 10.1. The number of aryl methyl sites for hydroxylation is 1. The lowest BCUT2D eigenvalue weighted by Crippen LogP contribution is -2.13. The summed E-state index contributed by atoms with van der Waals surface area (Å²) in [7, 11) is 0. The maximum atomic E-state index is 11.6. The third-order valence-electron chi connectivity index (χ3n) is 2.57. The Hall–Kier alpha value is -1.46. The van der Waals surface area contributed by atoms with Crippen LogP contribution >= 0.6 is 15.9 Å². The van der Waals surface area contributed by atoms with E-state index < -0.39 is 0 Å². The number of benzene rings is 1. The molecule has 0 radical (unpaired) electrons. The van der Waals surface area contributed by atoms with Crippen molar-refractivity contribution in [2.45, 2.75) is 13.3 Å². The molecule has 3 N–H and O–H groups in total. The zero-order chi connectivity index (χ0) is 13.1. The van der Waals surface area contributed by atoms with E-state index >= 15 is 0 Å². The van der Waals surface area contributed by atoms with Crippen molar-refractivity contribution in [3.05, 3.63) is 50.3 Å². The zero-order valence-corrected chi connectivity index (χ0v) is 11.6. The summed E-state index contributed by atoms with van der Waals surface area (Å²) in [5.74, 6) is 0.567. The third kappa shape index (κ3) is 2.86. The summed E-state index contributed by atoms with van der Waals surface area (Å²) in [6.07, 6.45) is 0.598. The van der Waals surface area contributed by atoms with Crippen molar-refractivity contribution in [3.63, 3.8) is 0 Å². The Balaban J connectivity index is 2.53. The molecule has 1 heterocycles. The van der Waals surface area contributed by atoms with Gasteiger partial charge >= 0.3 is 0 Å². The maximum Gasteiger partial charge on any atom is 0.251 e. The van der Waals surface area contributed by atoms with E-state index in [-0.39, 0.29) is 5.56 Å². The Kier molecular flexibility index (Phi) is 3.93. The molecule has 0 amide bonds. The molecule has 0 unspecified atom stereocenters. The van der Waals surface area contributed by atoms with Crippen molar-refractivity contribution in [2.75, 3.05) is 6.54 Å². The number of hydrogen-bond acceptors (Lipinski definition) is 3. The smallest absolute Gasteiger partial charge is 0.251 e. The first-order valence-corrected chi connectivity index (χ1v) is 6.46. The van der Waals surface area contributed by atoms with E-state index in [0.29, 0.717) is 24.5 Å². The van der Waals surface area contributed by atoms with Crippen LogP contribution in [0.4, 0.5) is 0 Å². The molecule has 0 saturated carbocycles. The van der Waals surface area contributed by atoms with Gasteiger partial charge in [-0.05, 0) is 31.2 Å². The fraction of sp³-hybridized carbons (Fsp3) is 0.231. The minimum absolute atomic E-state index is 0.157. The highest BCUT2D eigenvalue weighted by atomic mass is 79.9. The molecule has 0 bridgehead atoms. The van der Waals surface area contributed by atoms with Gasteiger partial charge in [-0.3, -0.25) is 4.79 Å². The second-order valence-corrected chi connectivity index (χ2v) is 4.96. The molecule has 5 heteroatoms. The van der Waals surface area contributed by atoms with Crippen molar-refractivity contribution in [1.29, 1.82) is 0 Å². The standard InChI is InChI=1S/C13H14BrN3O/c1-8-2-3-10(11(14)6-8)13-16-9(4-5-15)7-12(18)17-13/h2-3,6-7H,4-5,15H2,1H3,(H,16,17,18). The molecule has 1 aromatic carbocycles. The number of halogens is 1. The summed E-state index contributed by atoms with van der Waals surface area (Å²) in [6.45, 7) is 2.49. The van der Waals surface area contributed by atoms with E-state index in [2.05, 4.69) is 25.9 Å². The van der Waals surface area contributed by atoms with Gasteiger partial charge in [-0.2, -0.15) is 0 Å². The molecule has 0 aliphatic heterocycles. The topological polar surface area (TPSA) is 71.8 Å². The summed E-state index contributed by atoms with van der Waals surface area (Å²) < 4.78 is 0.913. The number of nitrogens with zero attached hydrogens (tertiary/aromatic N) is 1. The van der Waals surface area contributed by atoms with Crippen molar-refractivity contribution in [3.8, 4) is 11.4 Å². The average molecular weight is 308 g/mol. The van der Waals surface area contributed by atoms with Gasteiger partial charge in [0.1, 0.15) is 5.82 Å². The van der Waals surface area contributed by atoms with E-state index in [4.69, 9.17) is 5.73 Å². The van der Waals surface area contributed by atoms with Crippen LogP contribution in [0.3, 0.4) is 0 Å². The molecule has 94 valence electrons. The number of H-pyrrole nitrogens is 1. The molecule has 0 atom stereocenters. The number of aromatic nitrogens is 2. The van der Waals surface area contributed by atoms with Gasteiger partial charge in [0.2, 0.25) is 0 Å². The molecule has 2 rings (SSSR count). The summed E-state index contributed by atoms with van der Waals surface area (Å²) in [4.78, 5) is 18.7. The predicted molar refractivity (Wildman–Crippen MR) is 75.5 cm³/mol. The fourth-order valence-electron chi connectivity index (χ4n) is 1.72. The number of aromatic amines is 1. The SMILES string of the molecule is Cc1ccc(-c2nc(CCN)cc(=O)[nH]2)c(Br)c1. The molecule has 4 nitrogen and oxygen atoms in total. The minimum atomic E-state index is -0.157. The highest BCUT2D eigenvalue weighted by Crippen LogP contribution is 2.25. The van der Waals surface area contributed by atoms with Crippen LogP contribution in [0.15, 0.2) is 33.5 Å². The van der Waals surface area contributed by atoms with E-state index in [0.717, 1.165) is 15.6 Å². The fourth-order valence-corrected chi connectivity index (χ4v) is 2.40. The largest absolute Gasteiger partial charge is 0.330 e. The van der Waals surface area contributed by atoms with Gasteiger partial charge in [0.05, 0.1) is 0 Å². The highest BCUT2D eigenvalue weighted by Gasteiger charge is 2.07. The Morgan fingerprint density at radius 1 is 1.39 bits per heavy atom. The van der Waals surface area contributed by atoms with Crippen molar-refractivity contribution in [1.82, 2.24) is 9.97 Å². The van der Waals surface area contributed by atoms with Crippen LogP contribution in [0.25, 0.3) is 11.4 Å². The Morgan fingerprint density at radius 3 is 2.83 bits per heavy atom. The highest BCUT2D eigenvalue weighted by molar-refractivity contribution is 9.10. The van der Waals surface area contributed by atoms with Gasteiger partial charge in [0.15, 0.2) is 0 Å². The van der Waals surface area contributed by atoms with Crippen LogP contribution in [-0.4, -0.2) is 16.5 Å². The van der Waals surface area contributed by atoms with Crippen molar-refractivity contribution >= 4 is 15.9 Å². The quantitative estimate of drug-likeness (QED) is 0.911. The Bertz CT molecular complexity index is 622. The van der Waals surface area contributed by atoms with Gasteiger partial charge < -0.3 is 10.7 Å². The van der Waals surface area contributed by atoms with Gasteiger partial charge in [0.25, 0.3) is 5.56 Å². The first kappa shape index (κ1) is 13.0. The number of hydrogen-bond donors (Lipinski definition) is 2. The molecule has 0 aliphatic carbocycles. The minimum Gasteiger partial charge on any atom is -0.330 e. The van der Waals surface area contributed by atoms with Crippen LogP contribution in [0, 0.1) is 6.92 Å². The van der Waals surface area contributed by atoms with Crippen LogP contribution in [0.2, 0.25) is 0 Å². The molecule has 1 aromatic heterocycles. The van der Waals surface area contributed by atoms with Crippen LogP contribution < -0.4 is 11.3 Å². The Labute approximate surface area is 113 Å². The zero-order valence-electron chi connectivity index (χ0n) is 10.0. The van der Waals surface area contributed by atoms with Crippen LogP contribution in [0.1, 0.15) is 11.3 Å². The lowest BCUT2D eigenvalue weighted by Gasteiger charge is -2.06. The third-order valence-corrected chi connectivity index (χ3v) is 3.23. The van der Waals surface area contributed by atoms with E-state index in [9.17, 15) is 4.79 Å². The predicted octanol–water partition coefficient (Wildman–Crippen LogP) is 2.01. The maximum absolute atomic E-state index is 11.6. The molecule has 0 saturated heterocycles. The van der Waals surface area contributed by atoms with Crippen molar-refractivity contribution in [2.24, 2.45) is 5.73 Å². The molecular weight excluding hydrogens is 294 g/mol. The number of nitrogens with one attached hydrogen (secondary N) is 1. The van der Waals surface area contributed by atoms with Crippen LogP contribution in [0.5, 0.6) is 0 Å². The summed E-state index contributed by atoms with van der Waals surface area (Å²) in [5.41, 5.74) is 8.06. The van der Waals surface area contributed by atoms with Crippen LogP contribution in [-0.2, 0) is 6.42 Å². The lowest BCUT2D eigenvalue weighted by molar-refractivity contribution is 0.905. The van der Waals surface area contributed by atoms with Gasteiger partial charge in [0, 0.05) is 28.2 Å². The van der Waals surface area contributed by atoms with E-state index in [1.54, 1.807) is 0 Å². The average Bonchev–Trinajstić information content (AvgIpc) is 2.28. The second-order valence-electron chi connectivity index (χ2n) is 4.11. The van der Waals surface area contributed by atoms with E-state index in [1.165, 1.54) is 6.07 Å². The van der Waals surface area contributed by atoms with Crippen molar-refractivity contribution < 1.29 is 0 Å². The molecule has 0 aliphatic rings. The number of nitrogens with two attached hydrogens (primary N) is 1. The summed E-state index contributed by atoms with van der Waals surface area (Å²) in [5, 5.41) is 0. The summed E-state index contributed by atoms with van der Waals surface area (Å²) in [6, 6.07) is 7.39. The molecule has 0 spiro atoms. The first-order chi connectivity index (χ1) is 8.60. The Morgan fingerprint density at radius 2 is 2.17 bits per heavy atom. The molecular formula is C13H14BrN3O. The first-order valence-electron chi connectivity index (χ1n) is 5.67.